The van der Waals surface area contributed by atoms with Crippen LogP contribution in [0.15, 0.2) is 60.9 Å². The lowest BCUT2D eigenvalue weighted by molar-refractivity contribution is -0.130. The number of anilines is 2. The van der Waals surface area contributed by atoms with Crippen molar-refractivity contribution in [2.45, 2.75) is 64.5 Å². The molecule has 2 fully saturated rings. The van der Waals surface area contributed by atoms with Gasteiger partial charge in [-0.05, 0) is 106 Å². The number of nitrogens with two attached hydrogens (primary N) is 1. The fraction of sp³-hybridized carbons (Fsp3) is 0.447. The minimum atomic E-state index is -1.00. The Morgan fingerprint density at radius 1 is 1.00 bits per heavy atom. The van der Waals surface area contributed by atoms with Crippen LogP contribution in [0.1, 0.15) is 52.0 Å². The molecule has 4 aromatic rings. The van der Waals surface area contributed by atoms with E-state index < -0.39 is 23.6 Å². The highest BCUT2D eigenvalue weighted by atomic mass is 35.5. The van der Waals surface area contributed by atoms with Crippen LogP contribution in [0.2, 0.25) is 5.28 Å². The summed E-state index contributed by atoms with van der Waals surface area (Å²) in [5, 5.41) is 10.8. The number of benzene rings is 2. The summed E-state index contributed by atoms with van der Waals surface area (Å²) in [6.07, 6.45) is 5.91. The molecule has 4 N–H and O–H groups in total. The molecule has 2 aliphatic rings. The standard InChI is InChI=1S/C38H46ClN9O5/c1-38(2,3)53-37(51)43-21-24-7-9-27(10-8-24)33(49)48(30-13-11-26(12-14-30)32-44-35(39)46-45-32)34(50)31(40)20-25-5-4-6-28(19-25)29-22-41-36(42-23-29)47-15-17-52-18-16-47/h4-6,11-14,19,22-24,27,31H,7-10,15-18,20-21,40H2,1-3H3,(H,43,51)(H,44,45,46)/t24-,27-,31-/m0/s1. The van der Waals surface area contributed by atoms with Gasteiger partial charge in [0.25, 0.3) is 5.91 Å². The van der Waals surface area contributed by atoms with Gasteiger partial charge in [-0.15, -0.1) is 10.2 Å². The molecule has 3 amide bonds. The Morgan fingerprint density at radius 3 is 2.34 bits per heavy atom. The Morgan fingerprint density at radius 2 is 1.70 bits per heavy atom. The number of rotatable bonds is 10. The van der Waals surface area contributed by atoms with Crippen molar-refractivity contribution < 1.29 is 23.9 Å². The SMILES string of the molecule is CC(C)(C)OC(=O)NC[C@H]1CC[C@H](C(=O)N(C(=O)[C@@H](N)Cc2cccc(-c3cnc(N4CCOCC4)nc3)c2)c2ccc(-c3nnc(Cl)[nH]3)cc2)CC1. The molecule has 3 heterocycles. The van der Waals surface area contributed by atoms with Gasteiger partial charge in [0.15, 0.2) is 5.82 Å². The van der Waals surface area contributed by atoms with Crippen LogP contribution in [0.5, 0.6) is 0 Å². The number of hydrogen-bond donors (Lipinski definition) is 3. The van der Waals surface area contributed by atoms with E-state index in [1.54, 1.807) is 36.7 Å². The van der Waals surface area contributed by atoms with Crippen molar-refractivity contribution in [1.82, 2.24) is 30.5 Å². The number of alkyl carbamates (subject to hydrolysis) is 1. The summed E-state index contributed by atoms with van der Waals surface area (Å²) in [4.78, 5) is 56.0. The van der Waals surface area contributed by atoms with Crippen molar-refractivity contribution in [2.75, 3.05) is 42.6 Å². The van der Waals surface area contributed by atoms with Crippen LogP contribution in [0, 0.1) is 11.8 Å². The Bertz CT molecular complexity index is 1870. The lowest BCUT2D eigenvalue weighted by atomic mass is 9.81. The molecule has 1 atom stereocenters. The van der Waals surface area contributed by atoms with E-state index in [9.17, 15) is 14.4 Å². The van der Waals surface area contributed by atoms with Crippen molar-refractivity contribution in [3.63, 3.8) is 0 Å². The number of carbonyl (C=O) groups excluding carboxylic acids is 3. The van der Waals surface area contributed by atoms with E-state index in [4.69, 9.17) is 26.8 Å². The molecule has 0 spiro atoms. The number of H-pyrrole nitrogens is 1. The fourth-order valence-electron chi connectivity index (χ4n) is 6.62. The lowest BCUT2D eigenvalue weighted by Gasteiger charge is -2.32. The smallest absolute Gasteiger partial charge is 0.407 e. The zero-order chi connectivity index (χ0) is 37.5. The summed E-state index contributed by atoms with van der Waals surface area (Å²) in [5.74, 6) is 0.129. The average molecular weight is 744 g/mol. The van der Waals surface area contributed by atoms with Gasteiger partial charge in [-0.1, -0.05) is 24.3 Å². The largest absolute Gasteiger partial charge is 0.444 e. The summed E-state index contributed by atoms with van der Waals surface area (Å²) in [6.45, 7) is 8.70. The molecule has 0 bridgehead atoms. The van der Waals surface area contributed by atoms with Gasteiger partial charge in [0.1, 0.15) is 5.60 Å². The molecule has 6 rings (SSSR count). The average Bonchev–Trinajstić information content (AvgIpc) is 3.60. The Labute approximate surface area is 313 Å². The van der Waals surface area contributed by atoms with E-state index in [1.807, 2.05) is 45.0 Å². The molecule has 0 unspecified atom stereocenters. The molecule has 280 valence electrons. The van der Waals surface area contributed by atoms with Gasteiger partial charge in [0.2, 0.25) is 17.1 Å². The molecule has 15 heteroatoms. The van der Waals surface area contributed by atoms with Crippen molar-refractivity contribution >= 4 is 41.1 Å². The number of imide groups is 1. The highest BCUT2D eigenvalue weighted by Crippen LogP contribution is 2.32. The van der Waals surface area contributed by atoms with Crippen LogP contribution in [0.4, 0.5) is 16.4 Å². The minimum Gasteiger partial charge on any atom is -0.444 e. The number of ether oxygens (including phenoxy) is 2. The van der Waals surface area contributed by atoms with Crippen molar-refractivity contribution in [3.05, 3.63) is 71.8 Å². The number of nitrogens with one attached hydrogen (secondary N) is 2. The molecule has 53 heavy (non-hydrogen) atoms. The zero-order valence-electron chi connectivity index (χ0n) is 30.3. The van der Waals surface area contributed by atoms with Gasteiger partial charge in [-0.3, -0.25) is 9.59 Å². The Balaban J connectivity index is 1.15. The fourth-order valence-corrected chi connectivity index (χ4v) is 6.75. The summed E-state index contributed by atoms with van der Waals surface area (Å²) < 4.78 is 10.8. The molecule has 1 aliphatic heterocycles. The van der Waals surface area contributed by atoms with Crippen LogP contribution in [-0.2, 0) is 25.5 Å². The first-order valence-corrected chi connectivity index (χ1v) is 18.3. The highest BCUT2D eigenvalue weighted by molar-refractivity contribution is 6.28. The van der Waals surface area contributed by atoms with Crippen LogP contribution in [0.3, 0.4) is 0 Å². The van der Waals surface area contributed by atoms with E-state index >= 15 is 0 Å². The summed E-state index contributed by atoms with van der Waals surface area (Å²) in [5.41, 5.74) is 9.71. The molecule has 2 aromatic carbocycles. The van der Waals surface area contributed by atoms with E-state index in [0.717, 1.165) is 42.6 Å². The van der Waals surface area contributed by atoms with Gasteiger partial charge in [-0.25, -0.2) is 19.7 Å². The third-order valence-corrected chi connectivity index (χ3v) is 9.56. The summed E-state index contributed by atoms with van der Waals surface area (Å²) >= 11 is 5.93. The molecule has 1 saturated heterocycles. The van der Waals surface area contributed by atoms with Crippen LogP contribution in [-0.4, -0.2) is 87.5 Å². The maximum atomic E-state index is 14.3. The number of amides is 3. The molecule has 14 nitrogen and oxygen atoms in total. The highest BCUT2D eigenvalue weighted by Gasteiger charge is 2.35. The first-order chi connectivity index (χ1) is 25.4. The zero-order valence-corrected chi connectivity index (χ0v) is 31.0. The van der Waals surface area contributed by atoms with E-state index in [2.05, 4.69) is 35.4 Å². The second-order valence-electron chi connectivity index (χ2n) is 14.5. The number of aromatic nitrogens is 5. The summed E-state index contributed by atoms with van der Waals surface area (Å²) in [7, 11) is 0. The number of nitrogens with zero attached hydrogens (tertiary/aromatic N) is 6. The third-order valence-electron chi connectivity index (χ3n) is 9.39. The number of aromatic amines is 1. The van der Waals surface area contributed by atoms with Crippen LogP contribution >= 0.6 is 11.6 Å². The number of morpholine rings is 1. The first-order valence-electron chi connectivity index (χ1n) is 18.0. The van der Waals surface area contributed by atoms with Crippen LogP contribution < -0.4 is 20.9 Å². The van der Waals surface area contributed by atoms with E-state index in [1.165, 1.54) is 4.90 Å². The molecule has 1 saturated carbocycles. The molecule has 0 radical (unpaired) electrons. The lowest BCUT2D eigenvalue weighted by Crippen LogP contribution is -2.50. The monoisotopic (exact) mass is 743 g/mol. The second kappa shape index (κ2) is 16.8. The number of hydrogen-bond acceptors (Lipinski definition) is 11. The second-order valence-corrected chi connectivity index (χ2v) is 14.9. The minimum absolute atomic E-state index is 0.153. The predicted molar refractivity (Wildman–Crippen MR) is 201 cm³/mol. The van der Waals surface area contributed by atoms with Gasteiger partial charge < -0.3 is 30.4 Å². The molecule has 2 aromatic heterocycles. The van der Waals surface area contributed by atoms with Crippen LogP contribution in [0.25, 0.3) is 22.5 Å². The Kier molecular flexibility index (Phi) is 12.0. The van der Waals surface area contributed by atoms with E-state index in [-0.39, 0.29) is 29.4 Å². The third kappa shape index (κ3) is 9.95. The molecular formula is C38H46ClN9O5. The first kappa shape index (κ1) is 37.8. The quantitative estimate of drug-likeness (QED) is 0.195. The van der Waals surface area contributed by atoms with Crippen molar-refractivity contribution in [2.24, 2.45) is 17.6 Å². The molecular weight excluding hydrogens is 698 g/mol. The Hall–Kier alpha value is -4.92. The van der Waals surface area contributed by atoms with Gasteiger partial charge >= 0.3 is 6.09 Å². The van der Waals surface area contributed by atoms with E-state index in [0.29, 0.717) is 55.6 Å². The number of carbonyl (C=O) groups is 3. The van der Waals surface area contributed by atoms with Gasteiger partial charge in [0.05, 0.1) is 24.9 Å². The normalized spacial score (nSPS) is 18.2. The maximum absolute atomic E-state index is 14.3. The predicted octanol–water partition coefficient (Wildman–Crippen LogP) is 5.18. The topological polar surface area (TPSA) is 182 Å². The summed E-state index contributed by atoms with van der Waals surface area (Å²) in [6, 6.07) is 13.6. The van der Waals surface area contributed by atoms with Gasteiger partial charge in [0, 0.05) is 49.1 Å². The van der Waals surface area contributed by atoms with Crippen molar-refractivity contribution in [1.29, 1.82) is 0 Å². The molecule has 1 aliphatic carbocycles. The maximum Gasteiger partial charge on any atom is 0.407 e. The van der Waals surface area contributed by atoms with Crippen molar-refractivity contribution in [3.8, 4) is 22.5 Å². The number of halogens is 1. The van der Waals surface area contributed by atoms with Gasteiger partial charge in [-0.2, -0.15) is 0 Å².